The van der Waals surface area contributed by atoms with Crippen LogP contribution < -0.4 is 5.32 Å². The Hall–Kier alpha value is -1.92. The number of benzene rings is 1. The second-order valence-electron chi connectivity index (χ2n) is 6.99. The number of nitrogens with one attached hydrogen (secondary N) is 1. The van der Waals surface area contributed by atoms with Gasteiger partial charge in [-0.05, 0) is 39.8 Å². The fourth-order valence-electron chi connectivity index (χ4n) is 2.87. The van der Waals surface area contributed by atoms with Crippen molar-refractivity contribution in [1.82, 2.24) is 20.1 Å². The van der Waals surface area contributed by atoms with Crippen molar-refractivity contribution in [1.29, 1.82) is 0 Å². The molecule has 0 aliphatic heterocycles. The largest absolute Gasteiger partial charge is 0.357 e. The molecule has 2 aromatic rings. The van der Waals surface area contributed by atoms with Gasteiger partial charge < -0.3 is 10.2 Å². The van der Waals surface area contributed by atoms with Crippen molar-refractivity contribution in [3.63, 3.8) is 0 Å². The highest BCUT2D eigenvalue weighted by Gasteiger charge is 2.11. The normalized spacial score (nSPS) is 13.0. The minimum atomic E-state index is 0.475. The van der Waals surface area contributed by atoms with E-state index in [1.807, 2.05) is 6.92 Å². The molecular weight excluding hydrogens is 354 g/mol. The molecular formula is C21H33N5S. The van der Waals surface area contributed by atoms with Crippen molar-refractivity contribution in [2.24, 2.45) is 4.99 Å². The van der Waals surface area contributed by atoms with Gasteiger partial charge in [-0.25, -0.2) is 4.98 Å². The van der Waals surface area contributed by atoms with E-state index in [0.29, 0.717) is 6.04 Å². The van der Waals surface area contributed by atoms with E-state index < -0.39 is 0 Å². The fraction of sp³-hybridized carbons (Fsp3) is 0.524. The van der Waals surface area contributed by atoms with Gasteiger partial charge in [-0.1, -0.05) is 30.3 Å². The summed E-state index contributed by atoms with van der Waals surface area (Å²) in [5.74, 6) is 0.945. The summed E-state index contributed by atoms with van der Waals surface area (Å²) in [6.45, 7) is 9.83. The van der Waals surface area contributed by atoms with E-state index in [0.717, 1.165) is 49.3 Å². The Kier molecular flexibility index (Phi) is 8.75. The first-order valence-corrected chi connectivity index (χ1v) is 10.5. The fourth-order valence-corrected chi connectivity index (χ4v) is 3.48. The first-order chi connectivity index (χ1) is 13.0. The Morgan fingerprint density at radius 1 is 1.22 bits per heavy atom. The van der Waals surface area contributed by atoms with E-state index in [9.17, 15) is 0 Å². The number of aromatic nitrogens is 1. The van der Waals surface area contributed by atoms with Crippen LogP contribution in [0.4, 0.5) is 0 Å². The van der Waals surface area contributed by atoms with Crippen LogP contribution >= 0.6 is 11.3 Å². The highest BCUT2D eigenvalue weighted by Crippen LogP contribution is 2.11. The number of hydrogen-bond donors (Lipinski definition) is 1. The molecule has 0 aliphatic carbocycles. The molecule has 6 heteroatoms. The summed E-state index contributed by atoms with van der Waals surface area (Å²) in [4.78, 5) is 13.9. The molecule has 0 spiro atoms. The minimum absolute atomic E-state index is 0.475. The molecule has 0 fully saturated rings. The molecule has 2 rings (SSSR count). The first kappa shape index (κ1) is 21.4. The molecule has 0 radical (unpaired) electrons. The molecule has 1 N–H and O–H groups in total. The first-order valence-electron chi connectivity index (χ1n) is 9.64. The van der Waals surface area contributed by atoms with E-state index in [-0.39, 0.29) is 0 Å². The van der Waals surface area contributed by atoms with Gasteiger partial charge in [0.15, 0.2) is 5.96 Å². The highest BCUT2D eigenvalue weighted by molar-refractivity contribution is 7.09. The van der Waals surface area contributed by atoms with Crippen LogP contribution in [-0.4, -0.2) is 54.0 Å². The van der Waals surface area contributed by atoms with Crippen LogP contribution in [0, 0.1) is 6.92 Å². The molecule has 148 valence electrons. The maximum absolute atomic E-state index is 4.83. The summed E-state index contributed by atoms with van der Waals surface area (Å²) in [5.41, 5.74) is 2.45. The van der Waals surface area contributed by atoms with Crippen LogP contribution in [0.25, 0.3) is 0 Å². The average molecular weight is 388 g/mol. The number of aliphatic imine (C=N–C) groups is 1. The third kappa shape index (κ3) is 7.31. The standard InChI is InChI=1S/C21H33N5S/c1-6-22-21(26(5)15-20-16-27-18(3)24-20)23-13-12-17(2)25(4)14-19-10-8-7-9-11-19/h7-11,16-17H,6,12-15H2,1-5H3,(H,22,23). The number of rotatable bonds is 9. The summed E-state index contributed by atoms with van der Waals surface area (Å²) in [7, 11) is 4.25. The Labute approximate surface area is 168 Å². The Balaban J connectivity index is 1.85. The van der Waals surface area contributed by atoms with Gasteiger partial charge in [0, 0.05) is 38.1 Å². The van der Waals surface area contributed by atoms with Gasteiger partial charge in [0.2, 0.25) is 0 Å². The molecule has 0 saturated carbocycles. The van der Waals surface area contributed by atoms with Crippen molar-refractivity contribution >= 4 is 17.3 Å². The minimum Gasteiger partial charge on any atom is -0.357 e. The number of guanidine groups is 1. The maximum atomic E-state index is 4.83. The lowest BCUT2D eigenvalue weighted by molar-refractivity contribution is 0.240. The number of thiazole rings is 1. The zero-order valence-corrected chi connectivity index (χ0v) is 18.1. The van der Waals surface area contributed by atoms with Gasteiger partial charge in [-0.15, -0.1) is 11.3 Å². The van der Waals surface area contributed by atoms with Gasteiger partial charge >= 0.3 is 0 Å². The predicted octanol–water partition coefficient (Wildman–Crippen LogP) is 3.76. The van der Waals surface area contributed by atoms with Crippen molar-refractivity contribution in [2.45, 2.75) is 46.3 Å². The summed E-state index contributed by atoms with van der Waals surface area (Å²) < 4.78 is 0. The molecule has 1 atom stereocenters. The SMILES string of the molecule is CCNC(=NCCC(C)N(C)Cc1ccccc1)N(C)Cc1csc(C)n1. The summed E-state index contributed by atoms with van der Waals surface area (Å²) in [5, 5.41) is 6.62. The monoisotopic (exact) mass is 387 g/mol. The lowest BCUT2D eigenvalue weighted by Gasteiger charge is -2.25. The van der Waals surface area contributed by atoms with Crippen LogP contribution in [0.1, 0.15) is 36.5 Å². The zero-order valence-electron chi connectivity index (χ0n) is 17.3. The van der Waals surface area contributed by atoms with E-state index >= 15 is 0 Å². The van der Waals surface area contributed by atoms with Crippen LogP contribution in [-0.2, 0) is 13.1 Å². The van der Waals surface area contributed by atoms with E-state index in [1.54, 1.807) is 11.3 Å². The lowest BCUT2D eigenvalue weighted by atomic mass is 10.1. The molecule has 0 aliphatic rings. The number of hydrogen-bond acceptors (Lipinski definition) is 4. The van der Waals surface area contributed by atoms with Crippen LogP contribution in [0.15, 0.2) is 40.7 Å². The highest BCUT2D eigenvalue weighted by atomic mass is 32.1. The number of nitrogens with zero attached hydrogens (tertiary/aromatic N) is 4. The second kappa shape index (κ2) is 11.0. The Bertz CT molecular complexity index is 698. The average Bonchev–Trinajstić information content (AvgIpc) is 3.06. The Morgan fingerprint density at radius 3 is 2.59 bits per heavy atom. The van der Waals surface area contributed by atoms with E-state index in [2.05, 4.69) is 83.8 Å². The van der Waals surface area contributed by atoms with Crippen LogP contribution in [0.5, 0.6) is 0 Å². The van der Waals surface area contributed by atoms with Gasteiger partial charge in [-0.2, -0.15) is 0 Å². The molecule has 1 heterocycles. The van der Waals surface area contributed by atoms with Gasteiger partial charge in [0.1, 0.15) is 0 Å². The van der Waals surface area contributed by atoms with E-state index in [4.69, 9.17) is 4.99 Å². The summed E-state index contributed by atoms with van der Waals surface area (Å²) >= 11 is 1.69. The molecule has 0 amide bonds. The molecule has 1 unspecified atom stereocenters. The molecule has 0 saturated heterocycles. The third-order valence-corrected chi connectivity index (χ3v) is 5.42. The number of aryl methyl sites for hydroxylation is 1. The van der Waals surface area contributed by atoms with Gasteiger partial charge in [0.25, 0.3) is 0 Å². The van der Waals surface area contributed by atoms with Gasteiger partial charge in [-0.3, -0.25) is 9.89 Å². The quantitative estimate of drug-likeness (QED) is 0.526. The molecule has 1 aromatic heterocycles. The van der Waals surface area contributed by atoms with Crippen LogP contribution in [0.3, 0.4) is 0 Å². The Morgan fingerprint density at radius 2 is 1.96 bits per heavy atom. The maximum Gasteiger partial charge on any atom is 0.194 e. The van der Waals surface area contributed by atoms with Crippen molar-refractivity contribution in [3.05, 3.63) is 52.0 Å². The summed E-state index contributed by atoms with van der Waals surface area (Å²) in [6.07, 6.45) is 1.03. The topological polar surface area (TPSA) is 43.8 Å². The summed E-state index contributed by atoms with van der Waals surface area (Å²) in [6, 6.07) is 11.1. The lowest BCUT2D eigenvalue weighted by Crippen LogP contribution is -2.39. The predicted molar refractivity (Wildman–Crippen MR) is 116 cm³/mol. The molecule has 27 heavy (non-hydrogen) atoms. The van der Waals surface area contributed by atoms with Crippen LogP contribution in [0.2, 0.25) is 0 Å². The zero-order chi connectivity index (χ0) is 19.6. The molecule has 1 aromatic carbocycles. The third-order valence-electron chi connectivity index (χ3n) is 4.60. The van der Waals surface area contributed by atoms with Crippen molar-refractivity contribution < 1.29 is 0 Å². The smallest absolute Gasteiger partial charge is 0.194 e. The van der Waals surface area contributed by atoms with Gasteiger partial charge in [0.05, 0.1) is 17.2 Å². The molecule has 5 nitrogen and oxygen atoms in total. The van der Waals surface area contributed by atoms with E-state index in [1.165, 1.54) is 5.56 Å². The second-order valence-corrected chi connectivity index (χ2v) is 8.05. The molecule has 0 bridgehead atoms. The van der Waals surface area contributed by atoms with Crippen molar-refractivity contribution in [3.8, 4) is 0 Å². The van der Waals surface area contributed by atoms with Crippen molar-refractivity contribution in [2.75, 3.05) is 27.2 Å².